The van der Waals surface area contributed by atoms with E-state index in [1.54, 1.807) is 6.26 Å². The van der Waals surface area contributed by atoms with Crippen molar-refractivity contribution < 1.29 is 9.21 Å². The summed E-state index contributed by atoms with van der Waals surface area (Å²) in [6, 6.07) is 12.4. The highest BCUT2D eigenvalue weighted by Gasteiger charge is 2.31. The highest BCUT2D eigenvalue weighted by Crippen LogP contribution is 2.29. The summed E-state index contributed by atoms with van der Waals surface area (Å²) < 4.78 is 7.56. The molecule has 4 rings (SSSR count). The smallest absolute Gasteiger partial charge is 0.233 e. The fraction of sp³-hybridized carbons (Fsp3) is 0.381. The number of carbonyl (C=O) groups is 1. The summed E-state index contributed by atoms with van der Waals surface area (Å²) in [7, 11) is 0. The molecule has 1 saturated carbocycles. The SMILES string of the molecule is CCN(C(=O)CSc1nnc(-c2cccc(C)c2)n1Cc1ccco1)C1CC1. The molecule has 0 atom stereocenters. The van der Waals surface area contributed by atoms with Gasteiger partial charge in [0.2, 0.25) is 5.91 Å². The summed E-state index contributed by atoms with van der Waals surface area (Å²) in [5.41, 5.74) is 2.17. The van der Waals surface area contributed by atoms with Gasteiger partial charge >= 0.3 is 0 Å². The topological polar surface area (TPSA) is 64.2 Å². The summed E-state index contributed by atoms with van der Waals surface area (Å²) in [5.74, 6) is 2.15. The summed E-state index contributed by atoms with van der Waals surface area (Å²) >= 11 is 1.44. The molecule has 0 aliphatic heterocycles. The first-order valence-corrected chi connectivity index (χ1v) is 10.6. The molecule has 0 N–H and O–H groups in total. The van der Waals surface area contributed by atoms with Crippen molar-refractivity contribution in [2.75, 3.05) is 12.3 Å². The lowest BCUT2D eigenvalue weighted by Gasteiger charge is -2.19. The Bertz CT molecular complexity index is 947. The molecular weight excluding hydrogens is 372 g/mol. The van der Waals surface area contributed by atoms with Crippen LogP contribution in [0.5, 0.6) is 0 Å². The maximum Gasteiger partial charge on any atom is 0.233 e. The molecule has 0 spiro atoms. The van der Waals surface area contributed by atoms with Crippen LogP contribution in [0, 0.1) is 6.92 Å². The standard InChI is InChI=1S/C21H24N4O2S/c1-3-24(17-9-10-17)19(26)14-28-21-23-22-20(16-7-4-6-15(2)12-16)25(21)13-18-8-5-11-27-18/h4-8,11-12,17H,3,9-10,13-14H2,1-2H3. The van der Waals surface area contributed by atoms with E-state index in [9.17, 15) is 4.79 Å². The number of rotatable bonds is 8. The Morgan fingerprint density at radius 3 is 2.82 bits per heavy atom. The number of thioether (sulfide) groups is 1. The summed E-state index contributed by atoms with van der Waals surface area (Å²) in [6.45, 7) is 5.38. The van der Waals surface area contributed by atoms with Crippen LogP contribution in [0.4, 0.5) is 0 Å². The van der Waals surface area contributed by atoms with E-state index in [1.165, 1.54) is 11.8 Å². The molecule has 146 valence electrons. The molecule has 1 aromatic carbocycles. The minimum absolute atomic E-state index is 0.166. The molecule has 3 aromatic rings. The van der Waals surface area contributed by atoms with E-state index in [2.05, 4.69) is 29.3 Å². The maximum absolute atomic E-state index is 12.6. The van der Waals surface area contributed by atoms with Gasteiger partial charge in [0.25, 0.3) is 0 Å². The van der Waals surface area contributed by atoms with Crippen LogP contribution >= 0.6 is 11.8 Å². The number of amides is 1. The van der Waals surface area contributed by atoms with Gasteiger partial charge in [0.05, 0.1) is 18.6 Å². The average molecular weight is 397 g/mol. The van der Waals surface area contributed by atoms with Crippen molar-refractivity contribution >= 4 is 17.7 Å². The summed E-state index contributed by atoms with van der Waals surface area (Å²) in [4.78, 5) is 14.6. The molecule has 1 amide bonds. The van der Waals surface area contributed by atoms with E-state index in [0.29, 0.717) is 18.3 Å². The molecule has 2 aromatic heterocycles. The fourth-order valence-corrected chi connectivity index (χ4v) is 4.15. The van der Waals surface area contributed by atoms with Crippen LogP contribution < -0.4 is 0 Å². The Morgan fingerprint density at radius 1 is 1.29 bits per heavy atom. The number of furan rings is 1. The third kappa shape index (κ3) is 4.14. The van der Waals surface area contributed by atoms with Crippen molar-refractivity contribution in [3.63, 3.8) is 0 Å². The first-order chi connectivity index (χ1) is 13.7. The van der Waals surface area contributed by atoms with Gasteiger partial charge in [-0.1, -0.05) is 35.5 Å². The average Bonchev–Trinajstić information content (AvgIpc) is 3.24. The number of benzene rings is 1. The fourth-order valence-electron chi connectivity index (χ4n) is 3.33. The van der Waals surface area contributed by atoms with Crippen molar-refractivity contribution in [1.82, 2.24) is 19.7 Å². The Labute approximate surface area is 168 Å². The third-order valence-electron chi connectivity index (χ3n) is 4.86. The highest BCUT2D eigenvalue weighted by atomic mass is 32.2. The van der Waals surface area contributed by atoms with Gasteiger partial charge in [0.1, 0.15) is 5.76 Å². The largest absolute Gasteiger partial charge is 0.467 e. The summed E-state index contributed by atoms with van der Waals surface area (Å²) in [6.07, 6.45) is 3.91. The molecule has 0 saturated heterocycles. The van der Waals surface area contributed by atoms with E-state index < -0.39 is 0 Å². The van der Waals surface area contributed by atoms with Crippen LogP contribution in [0.15, 0.2) is 52.2 Å². The van der Waals surface area contributed by atoms with E-state index in [1.807, 2.05) is 40.7 Å². The van der Waals surface area contributed by atoms with E-state index in [4.69, 9.17) is 4.42 Å². The normalized spacial score (nSPS) is 13.6. The van der Waals surface area contributed by atoms with Crippen LogP contribution in [0.2, 0.25) is 0 Å². The number of nitrogens with zero attached hydrogens (tertiary/aromatic N) is 4. The number of aromatic nitrogens is 3. The second-order valence-electron chi connectivity index (χ2n) is 7.04. The number of hydrogen-bond donors (Lipinski definition) is 0. The Morgan fingerprint density at radius 2 is 2.14 bits per heavy atom. The van der Waals surface area contributed by atoms with Crippen LogP contribution in [0.1, 0.15) is 31.1 Å². The summed E-state index contributed by atoms with van der Waals surface area (Å²) in [5, 5.41) is 9.54. The van der Waals surface area contributed by atoms with Gasteiger partial charge in [-0.3, -0.25) is 9.36 Å². The minimum Gasteiger partial charge on any atom is -0.467 e. The number of carbonyl (C=O) groups excluding carboxylic acids is 1. The minimum atomic E-state index is 0.166. The van der Waals surface area contributed by atoms with Gasteiger partial charge in [-0.05, 0) is 44.9 Å². The quantitative estimate of drug-likeness (QED) is 0.539. The molecule has 28 heavy (non-hydrogen) atoms. The van der Waals surface area contributed by atoms with Crippen molar-refractivity contribution in [3.8, 4) is 11.4 Å². The molecular formula is C21H24N4O2S. The third-order valence-corrected chi connectivity index (χ3v) is 5.81. The van der Waals surface area contributed by atoms with Gasteiger partial charge in [0, 0.05) is 18.2 Å². The molecule has 2 heterocycles. The van der Waals surface area contributed by atoms with Crippen molar-refractivity contribution in [2.24, 2.45) is 0 Å². The molecule has 1 aliphatic rings. The Hall–Kier alpha value is -2.54. The first-order valence-electron chi connectivity index (χ1n) is 9.60. The molecule has 7 heteroatoms. The van der Waals surface area contributed by atoms with Gasteiger partial charge in [-0.2, -0.15) is 0 Å². The van der Waals surface area contributed by atoms with E-state index >= 15 is 0 Å². The monoisotopic (exact) mass is 396 g/mol. The molecule has 0 radical (unpaired) electrons. The predicted octanol–water partition coefficient (Wildman–Crippen LogP) is 4.00. The number of hydrogen-bond acceptors (Lipinski definition) is 5. The van der Waals surface area contributed by atoms with Gasteiger partial charge in [-0.15, -0.1) is 10.2 Å². The lowest BCUT2D eigenvalue weighted by Crippen LogP contribution is -2.34. The molecule has 1 fully saturated rings. The zero-order valence-electron chi connectivity index (χ0n) is 16.2. The van der Waals surface area contributed by atoms with Crippen LogP contribution in [0.25, 0.3) is 11.4 Å². The van der Waals surface area contributed by atoms with Crippen molar-refractivity contribution in [3.05, 3.63) is 54.0 Å². The van der Waals surface area contributed by atoms with Gasteiger partial charge in [0.15, 0.2) is 11.0 Å². The molecule has 6 nitrogen and oxygen atoms in total. The molecule has 0 bridgehead atoms. The maximum atomic E-state index is 12.6. The Kier molecular flexibility index (Phi) is 5.52. The predicted molar refractivity (Wildman–Crippen MR) is 109 cm³/mol. The number of aryl methyl sites for hydroxylation is 1. The molecule has 1 aliphatic carbocycles. The first kappa shape index (κ1) is 18.8. The second kappa shape index (κ2) is 8.22. The van der Waals surface area contributed by atoms with E-state index in [-0.39, 0.29) is 5.91 Å². The second-order valence-corrected chi connectivity index (χ2v) is 7.98. The van der Waals surface area contributed by atoms with Crippen LogP contribution in [-0.4, -0.2) is 43.9 Å². The Balaban J connectivity index is 1.58. The van der Waals surface area contributed by atoms with Gasteiger partial charge < -0.3 is 9.32 Å². The lowest BCUT2D eigenvalue weighted by molar-refractivity contribution is -0.128. The van der Waals surface area contributed by atoms with E-state index in [0.717, 1.165) is 47.3 Å². The van der Waals surface area contributed by atoms with Crippen molar-refractivity contribution in [2.45, 2.75) is 44.4 Å². The van der Waals surface area contributed by atoms with Crippen LogP contribution in [-0.2, 0) is 11.3 Å². The highest BCUT2D eigenvalue weighted by molar-refractivity contribution is 7.99. The van der Waals surface area contributed by atoms with Crippen molar-refractivity contribution in [1.29, 1.82) is 0 Å². The lowest BCUT2D eigenvalue weighted by atomic mass is 10.1. The molecule has 0 unspecified atom stereocenters. The zero-order chi connectivity index (χ0) is 19.5. The van der Waals surface area contributed by atoms with Crippen LogP contribution in [0.3, 0.4) is 0 Å². The zero-order valence-corrected chi connectivity index (χ0v) is 17.0. The van der Waals surface area contributed by atoms with Gasteiger partial charge in [-0.25, -0.2) is 0 Å².